The number of benzene rings is 2. The molecule has 2 aromatic carbocycles. The van der Waals surface area contributed by atoms with Crippen LogP contribution >= 0.6 is 0 Å². The molecule has 0 atom stereocenters. The number of sulfone groups is 1. The Morgan fingerprint density at radius 1 is 1.05 bits per heavy atom. The van der Waals surface area contributed by atoms with Crippen molar-refractivity contribution in [3.8, 4) is 5.75 Å². The molecule has 1 heterocycles. The molecule has 1 aromatic heterocycles. The van der Waals surface area contributed by atoms with E-state index in [1.807, 2.05) is 32.1 Å². The Labute approximate surface area is 236 Å². The summed E-state index contributed by atoms with van der Waals surface area (Å²) in [6, 6.07) is 11.9. The predicted molar refractivity (Wildman–Crippen MR) is 161 cm³/mol. The van der Waals surface area contributed by atoms with Crippen LogP contribution in [0.5, 0.6) is 5.75 Å². The van der Waals surface area contributed by atoms with Gasteiger partial charge in [0.15, 0.2) is 9.84 Å². The van der Waals surface area contributed by atoms with Crippen LogP contribution in [0, 0.1) is 0 Å². The normalized spacial score (nSPS) is 11.3. The SMILES string of the molecule is C=CC(=O)Nc1cc(Nc2nccc(Nc3ccccc3S(=O)(=O)C(C)C)n2)c(OC)cc1N(C)CCN(C)C. The minimum atomic E-state index is -3.52. The number of nitrogens with zero attached hydrogens (tertiary/aromatic N) is 4. The predicted octanol–water partition coefficient (Wildman–Crippen LogP) is 4.28. The maximum absolute atomic E-state index is 12.9. The topological polar surface area (TPSA) is 129 Å². The van der Waals surface area contributed by atoms with Crippen LogP contribution in [-0.2, 0) is 14.6 Å². The molecule has 3 N–H and O–H groups in total. The van der Waals surface area contributed by atoms with E-state index in [1.54, 1.807) is 63.6 Å². The van der Waals surface area contributed by atoms with Gasteiger partial charge in [0.05, 0.1) is 40.0 Å². The second-order valence-electron chi connectivity index (χ2n) is 9.59. The molecule has 1 amide bonds. The van der Waals surface area contributed by atoms with Crippen molar-refractivity contribution in [2.75, 3.05) is 62.2 Å². The fourth-order valence-corrected chi connectivity index (χ4v) is 4.93. The highest BCUT2D eigenvalue weighted by molar-refractivity contribution is 7.92. The highest BCUT2D eigenvalue weighted by atomic mass is 32.2. The summed E-state index contributed by atoms with van der Waals surface area (Å²) >= 11 is 0. The fraction of sp³-hybridized carbons (Fsp3) is 0.321. The van der Waals surface area contributed by atoms with Gasteiger partial charge in [0.1, 0.15) is 11.6 Å². The van der Waals surface area contributed by atoms with Gasteiger partial charge in [-0.2, -0.15) is 4.98 Å². The standard InChI is InChI=1S/C28H37N7O4S/c1-8-27(36)31-21-17-22(24(39-7)18-23(21)35(6)16-15-34(4)5)32-28-29-14-13-26(33-28)30-20-11-9-10-12-25(20)40(37,38)19(2)3/h8-14,17-19H,1,15-16H2,2-7H3,(H,31,36)(H2,29,30,32,33). The van der Waals surface area contributed by atoms with Gasteiger partial charge in [-0.15, -0.1) is 0 Å². The number of anilines is 6. The first-order chi connectivity index (χ1) is 19.0. The largest absolute Gasteiger partial charge is 0.494 e. The number of para-hydroxylation sites is 1. The molecule has 12 heteroatoms. The number of aromatic nitrogens is 2. The lowest BCUT2D eigenvalue weighted by molar-refractivity contribution is -0.111. The first-order valence-electron chi connectivity index (χ1n) is 12.7. The van der Waals surface area contributed by atoms with Gasteiger partial charge in [0.2, 0.25) is 11.9 Å². The van der Waals surface area contributed by atoms with Gasteiger partial charge >= 0.3 is 0 Å². The maximum atomic E-state index is 12.9. The molecule has 3 aromatic rings. The van der Waals surface area contributed by atoms with Gasteiger partial charge in [0.25, 0.3) is 0 Å². The van der Waals surface area contributed by atoms with E-state index in [0.29, 0.717) is 35.2 Å². The Bertz CT molecular complexity index is 1460. The van der Waals surface area contributed by atoms with Crippen molar-refractivity contribution in [3.05, 3.63) is 61.3 Å². The van der Waals surface area contributed by atoms with Crippen molar-refractivity contribution < 1.29 is 17.9 Å². The van der Waals surface area contributed by atoms with Gasteiger partial charge in [-0.25, -0.2) is 13.4 Å². The number of ether oxygens (including phenoxy) is 1. The average molecular weight is 568 g/mol. The van der Waals surface area contributed by atoms with Crippen LogP contribution in [0.4, 0.5) is 34.5 Å². The van der Waals surface area contributed by atoms with Crippen molar-refractivity contribution >= 4 is 50.3 Å². The Hall–Kier alpha value is -4.16. The van der Waals surface area contributed by atoms with E-state index in [-0.39, 0.29) is 16.8 Å². The zero-order chi connectivity index (χ0) is 29.4. The van der Waals surface area contributed by atoms with Crippen molar-refractivity contribution in [3.63, 3.8) is 0 Å². The number of carbonyl (C=O) groups is 1. The summed E-state index contributed by atoms with van der Waals surface area (Å²) in [5.41, 5.74) is 2.25. The molecule has 11 nitrogen and oxygen atoms in total. The van der Waals surface area contributed by atoms with Gasteiger partial charge in [-0.3, -0.25) is 4.79 Å². The monoisotopic (exact) mass is 567 g/mol. The van der Waals surface area contributed by atoms with E-state index in [2.05, 4.69) is 37.4 Å². The fourth-order valence-electron chi connectivity index (χ4n) is 3.72. The lowest BCUT2D eigenvalue weighted by Gasteiger charge is -2.26. The van der Waals surface area contributed by atoms with Crippen LogP contribution in [0.2, 0.25) is 0 Å². The van der Waals surface area contributed by atoms with Gasteiger partial charge in [-0.05, 0) is 58.3 Å². The van der Waals surface area contributed by atoms with E-state index >= 15 is 0 Å². The molecule has 0 aliphatic heterocycles. The second-order valence-corrected chi connectivity index (χ2v) is 12.1. The first-order valence-corrected chi connectivity index (χ1v) is 14.2. The number of hydrogen-bond donors (Lipinski definition) is 3. The quantitative estimate of drug-likeness (QED) is 0.258. The summed E-state index contributed by atoms with van der Waals surface area (Å²) in [6.07, 6.45) is 2.75. The maximum Gasteiger partial charge on any atom is 0.247 e. The van der Waals surface area contributed by atoms with Crippen LogP contribution in [0.25, 0.3) is 0 Å². The molecule has 0 unspecified atom stereocenters. The van der Waals surface area contributed by atoms with E-state index < -0.39 is 15.1 Å². The number of carbonyl (C=O) groups excluding carboxylic acids is 1. The van der Waals surface area contributed by atoms with Crippen LogP contribution in [0.3, 0.4) is 0 Å². The third-order valence-electron chi connectivity index (χ3n) is 6.03. The van der Waals surface area contributed by atoms with Gasteiger partial charge < -0.3 is 30.5 Å². The molecule has 0 aliphatic rings. The Kier molecular flexibility index (Phi) is 10.1. The highest BCUT2D eigenvalue weighted by Crippen LogP contribution is 2.38. The minimum absolute atomic E-state index is 0.191. The van der Waals surface area contributed by atoms with Gasteiger partial charge in [0, 0.05) is 32.4 Å². The lowest BCUT2D eigenvalue weighted by Crippen LogP contribution is -2.29. The molecule has 0 saturated heterocycles. The summed E-state index contributed by atoms with van der Waals surface area (Å²) in [5, 5.41) is 8.54. The average Bonchev–Trinajstić information content (AvgIpc) is 2.92. The van der Waals surface area contributed by atoms with Crippen molar-refractivity contribution in [2.24, 2.45) is 0 Å². The Balaban J connectivity index is 1.95. The van der Waals surface area contributed by atoms with Crippen LogP contribution in [0.15, 0.2) is 66.2 Å². The van der Waals surface area contributed by atoms with E-state index in [1.165, 1.54) is 6.08 Å². The molecule has 0 saturated carbocycles. The van der Waals surface area contributed by atoms with E-state index in [4.69, 9.17) is 4.74 Å². The second kappa shape index (κ2) is 13.3. The zero-order valence-electron chi connectivity index (χ0n) is 23.7. The molecule has 0 bridgehead atoms. The van der Waals surface area contributed by atoms with Crippen molar-refractivity contribution in [1.82, 2.24) is 14.9 Å². The summed E-state index contributed by atoms with van der Waals surface area (Å²) < 4.78 is 31.4. The van der Waals surface area contributed by atoms with Crippen LogP contribution < -0.4 is 25.6 Å². The van der Waals surface area contributed by atoms with Crippen molar-refractivity contribution in [1.29, 1.82) is 0 Å². The zero-order valence-corrected chi connectivity index (χ0v) is 24.5. The molecule has 0 fully saturated rings. The smallest absolute Gasteiger partial charge is 0.247 e. The molecular weight excluding hydrogens is 530 g/mol. The summed E-state index contributed by atoms with van der Waals surface area (Å²) in [4.78, 5) is 25.3. The lowest BCUT2D eigenvalue weighted by atomic mass is 10.2. The van der Waals surface area contributed by atoms with E-state index in [0.717, 1.165) is 12.2 Å². The summed E-state index contributed by atoms with van der Waals surface area (Å²) in [7, 11) is 3.95. The number of nitrogens with one attached hydrogen (secondary N) is 3. The first kappa shape index (κ1) is 30.4. The summed E-state index contributed by atoms with van der Waals surface area (Å²) in [6.45, 7) is 8.36. The van der Waals surface area contributed by atoms with E-state index in [9.17, 15) is 13.2 Å². The Morgan fingerprint density at radius 3 is 2.42 bits per heavy atom. The third-order valence-corrected chi connectivity index (χ3v) is 8.24. The van der Waals surface area contributed by atoms with Crippen LogP contribution in [0.1, 0.15) is 13.8 Å². The highest BCUT2D eigenvalue weighted by Gasteiger charge is 2.23. The molecule has 0 spiro atoms. The molecule has 40 heavy (non-hydrogen) atoms. The van der Waals surface area contributed by atoms with Crippen molar-refractivity contribution in [2.45, 2.75) is 24.0 Å². The molecule has 214 valence electrons. The summed E-state index contributed by atoms with van der Waals surface area (Å²) in [5.74, 6) is 0.791. The molecule has 0 radical (unpaired) electrons. The Morgan fingerprint density at radius 2 is 1.77 bits per heavy atom. The van der Waals surface area contributed by atoms with Gasteiger partial charge in [-0.1, -0.05) is 18.7 Å². The number of likely N-dealkylation sites (N-methyl/N-ethyl adjacent to an activating group) is 2. The molecular formula is C28H37N7O4S. The minimum Gasteiger partial charge on any atom is -0.494 e. The number of rotatable bonds is 13. The number of methoxy groups -OCH3 is 1. The molecule has 3 rings (SSSR count). The van der Waals surface area contributed by atoms with Crippen LogP contribution in [-0.4, -0.2) is 75.8 Å². The molecule has 0 aliphatic carbocycles. The number of hydrogen-bond acceptors (Lipinski definition) is 10. The third kappa shape index (κ3) is 7.48. The number of amides is 1.